The second kappa shape index (κ2) is 5.19. The zero-order valence-electron chi connectivity index (χ0n) is 11.4. The van der Waals surface area contributed by atoms with Crippen LogP contribution in [0.3, 0.4) is 0 Å². The standard InChI is InChI=1S/C13H17N3O3/c1-7-5-9(16-14)11-8(15-7)6-10(17-2)12(18-3)13(11)19-4/h5-6H,14H2,1-4H3,(H,15,16). The first-order chi connectivity index (χ1) is 9.15. The quantitative estimate of drug-likeness (QED) is 0.647. The molecular formula is C13H17N3O3. The van der Waals surface area contributed by atoms with E-state index in [1.165, 1.54) is 0 Å². The lowest BCUT2D eigenvalue weighted by Crippen LogP contribution is -2.09. The van der Waals surface area contributed by atoms with Gasteiger partial charge in [-0.1, -0.05) is 0 Å². The molecule has 1 aromatic carbocycles. The number of nitrogens with zero attached hydrogens (tertiary/aromatic N) is 1. The van der Waals surface area contributed by atoms with Gasteiger partial charge in [-0.05, 0) is 13.0 Å². The molecule has 19 heavy (non-hydrogen) atoms. The van der Waals surface area contributed by atoms with Gasteiger partial charge in [0.05, 0.1) is 37.9 Å². The molecule has 0 atom stereocenters. The molecule has 0 saturated carbocycles. The molecule has 0 fully saturated rings. The average Bonchev–Trinajstić information content (AvgIpc) is 2.43. The Hall–Kier alpha value is -2.21. The van der Waals surface area contributed by atoms with E-state index >= 15 is 0 Å². The number of fused-ring (bicyclic) bond motifs is 1. The number of hydrazine groups is 1. The second-order valence-corrected chi connectivity index (χ2v) is 3.99. The Morgan fingerprint density at radius 1 is 1.05 bits per heavy atom. The third-order valence-electron chi connectivity index (χ3n) is 2.88. The van der Waals surface area contributed by atoms with Crippen molar-refractivity contribution in [2.75, 3.05) is 26.8 Å². The van der Waals surface area contributed by atoms with Gasteiger partial charge in [-0.3, -0.25) is 10.8 Å². The molecule has 1 heterocycles. The molecule has 0 aliphatic heterocycles. The lowest BCUT2D eigenvalue weighted by molar-refractivity contribution is 0.327. The van der Waals surface area contributed by atoms with Gasteiger partial charge in [-0.15, -0.1) is 0 Å². The van der Waals surface area contributed by atoms with Crippen LogP contribution in [0.1, 0.15) is 5.69 Å². The summed E-state index contributed by atoms with van der Waals surface area (Å²) in [6.07, 6.45) is 0. The summed E-state index contributed by atoms with van der Waals surface area (Å²) in [6.45, 7) is 1.89. The third-order valence-corrected chi connectivity index (χ3v) is 2.88. The minimum absolute atomic E-state index is 0.514. The lowest BCUT2D eigenvalue weighted by Gasteiger charge is -2.16. The number of hydrogen-bond donors (Lipinski definition) is 2. The van der Waals surface area contributed by atoms with Crippen molar-refractivity contribution in [1.82, 2.24) is 4.98 Å². The summed E-state index contributed by atoms with van der Waals surface area (Å²) in [7, 11) is 4.70. The summed E-state index contributed by atoms with van der Waals surface area (Å²) < 4.78 is 16.1. The van der Waals surface area contributed by atoms with Gasteiger partial charge >= 0.3 is 0 Å². The van der Waals surface area contributed by atoms with E-state index in [0.29, 0.717) is 17.2 Å². The average molecular weight is 263 g/mol. The minimum atomic E-state index is 0.514. The number of nitrogens with two attached hydrogens (primary N) is 1. The Morgan fingerprint density at radius 2 is 1.74 bits per heavy atom. The SMILES string of the molecule is COc1cc2nc(C)cc(NN)c2c(OC)c1OC. The number of aryl methyl sites for hydroxylation is 1. The zero-order chi connectivity index (χ0) is 14.0. The smallest absolute Gasteiger partial charge is 0.204 e. The highest BCUT2D eigenvalue weighted by atomic mass is 16.5. The number of nitrogen functional groups attached to an aromatic ring is 1. The number of ether oxygens (including phenoxy) is 3. The number of rotatable bonds is 4. The van der Waals surface area contributed by atoms with Gasteiger partial charge in [0.2, 0.25) is 5.75 Å². The number of hydrogen-bond acceptors (Lipinski definition) is 6. The maximum absolute atomic E-state index is 5.57. The first kappa shape index (κ1) is 13.2. The molecule has 2 aromatic rings. The molecule has 0 bridgehead atoms. The third kappa shape index (κ3) is 2.10. The van der Waals surface area contributed by atoms with E-state index in [1.54, 1.807) is 27.4 Å². The number of benzene rings is 1. The van der Waals surface area contributed by atoms with Crippen molar-refractivity contribution in [1.29, 1.82) is 0 Å². The zero-order valence-corrected chi connectivity index (χ0v) is 11.4. The van der Waals surface area contributed by atoms with Crippen molar-refractivity contribution >= 4 is 16.6 Å². The Kier molecular flexibility index (Phi) is 3.62. The predicted octanol–water partition coefficient (Wildman–Crippen LogP) is 1.85. The maximum Gasteiger partial charge on any atom is 0.204 e. The van der Waals surface area contributed by atoms with Crippen LogP contribution in [0.25, 0.3) is 10.9 Å². The van der Waals surface area contributed by atoms with Gasteiger partial charge in [-0.25, -0.2) is 0 Å². The number of methoxy groups -OCH3 is 3. The van der Waals surface area contributed by atoms with E-state index in [4.69, 9.17) is 20.1 Å². The van der Waals surface area contributed by atoms with Crippen LogP contribution in [0.15, 0.2) is 12.1 Å². The van der Waals surface area contributed by atoms with Gasteiger partial charge in [0, 0.05) is 11.8 Å². The largest absolute Gasteiger partial charge is 0.493 e. The van der Waals surface area contributed by atoms with Gasteiger partial charge in [0.15, 0.2) is 11.5 Å². The number of nitrogens with one attached hydrogen (secondary N) is 1. The summed E-state index contributed by atoms with van der Waals surface area (Å²) in [5.74, 6) is 7.18. The Bertz CT molecular complexity index is 614. The fourth-order valence-corrected chi connectivity index (χ4v) is 2.11. The molecule has 0 aliphatic carbocycles. The van der Waals surface area contributed by atoms with Gasteiger partial charge < -0.3 is 19.6 Å². The molecule has 102 valence electrons. The van der Waals surface area contributed by atoms with Crippen LogP contribution in [0.4, 0.5) is 5.69 Å². The van der Waals surface area contributed by atoms with Crippen molar-refractivity contribution < 1.29 is 14.2 Å². The number of pyridine rings is 1. The summed E-state index contributed by atoms with van der Waals surface area (Å²) in [4.78, 5) is 4.47. The maximum atomic E-state index is 5.57. The molecule has 0 saturated heterocycles. The first-order valence-corrected chi connectivity index (χ1v) is 5.73. The van der Waals surface area contributed by atoms with E-state index in [-0.39, 0.29) is 0 Å². The molecule has 6 heteroatoms. The molecule has 6 nitrogen and oxygen atoms in total. The first-order valence-electron chi connectivity index (χ1n) is 5.73. The van der Waals surface area contributed by atoms with Crippen molar-refractivity contribution in [3.8, 4) is 17.2 Å². The van der Waals surface area contributed by atoms with E-state index in [0.717, 1.165) is 22.3 Å². The summed E-state index contributed by atoms with van der Waals surface area (Å²) in [5.41, 5.74) is 4.95. The molecule has 0 spiro atoms. The highest BCUT2D eigenvalue weighted by Gasteiger charge is 2.19. The van der Waals surface area contributed by atoms with Crippen LogP contribution >= 0.6 is 0 Å². The molecule has 3 N–H and O–H groups in total. The highest BCUT2D eigenvalue weighted by Crippen LogP contribution is 2.45. The fraction of sp³-hybridized carbons (Fsp3) is 0.308. The summed E-state index contributed by atoms with van der Waals surface area (Å²) in [5, 5.41) is 0.758. The van der Waals surface area contributed by atoms with Gasteiger partial charge in [-0.2, -0.15) is 0 Å². The van der Waals surface area contributed by atoms with Crippen LogP contribution in [-0.4, -0.2) is 26.3 Å². The molecule has 0 unspecified atom stereocenters. The topological polar surface area (TPSA) is 78.6 Å². The van der Waals surface area contributed by atoms with Crippen LogP contribution in [0, 0.1) is 6.92 Å². The summed E-state index contributed by atoms with van der Waals surface area (Å²) >= 11 is 0. The van der Waals surface area contributed by atoms with Crippen LogP contribution in [-0.2, 0) is 0 Å². The van der Waals surface area contributed by atoms with E-state index < -0.39 is 0 Å². The van der Waals surface area contributed by atoms with E-state index in [9.17, 15) is 0 Å². The molecule has 2 rings (SSSR count). The molecule has 1 aromatic heterocycles. The van der Waals surface area contributed by atoms with Crippen LogP contribution in [0.2, 0.25) is 0 Å². The number of anilines is 1. The number of aromatic nitrogens is 1. The van der Waals surface area contributed by atoms with Gasteiger partial charge in [0.1, 0.15) is 0 Å². The molecule has 0 aliphatic rings. The van der Waals surface area contributed by atoms with Crippen LogP contribution in [0.5, 0.6) is 17.2 Å². The second-order valence-electron chi connectivity index (χ2n) is 3.99. The molecular weight excluding hydrogens is 246 g/mol. The fourth-order valence-electron chi connectivity index (χ4n) is 2.11. The Morgan fingerprint density at radius 3 is 2.26 bits per heavy atom. The van der Waals surface area contributed by atoms with Gasteiger partial charge in [0.25, 0.3) is 0 Å². The van der Waals surface area contributed by atoms with Crippen LogP contribution < -0.4 is 25.5 Å². The van der Waals surface area contributed by atoms with Crippen molar-refractivity contribution in [2.24, 2.45) is 5.84 Å². The van der Waals surface area contributed by atoms with Crippen molar-refractivity contribution in [3.63, 3.8) is 0 Å². The Labute approximate surface area is 111 Å². The van der Waals surface area contributed by atoms with E-state index in [2.05, 4.69) is 10.4 Å². The molecule has 0 amide bonds. The lowest BCUT2D eigenvalue weighted by atomic mass is 10.1. The van der Waals surface area contributed by atoms with E-state index in [1.807, 2.05) is 13.0 Å². The summed E-state index contributed by atoms with van der Waals surface area (Å²) in [6, 6.07) is 3.64. The Balaban J connectivity index is 2.92. The van der Waals surface area contributed by atoms with Crippen molar-refractivity contribution in [3.05, 3.63) is 17.8 Å². The van der Waals surface area contributed by atoms with Crippen molar-refractivity contribution in [2.45, 2.75) is 6.92 Å². The predicted molar refractivity (Wildman–Crippen MR) is 73.9 cm³/mol. The normalized spacial score (nSPS) is 10.4. The monoisotopic (exact) mass is 263 g/mol. The highest BCUT2D eigenvalue weighted by molar-refractivity contribution is 5.99. The molecule has 0 radical (unpaired) electrons. The minimum Gasteiger partial charge on any atom is -0.493 e.